The average molecular weight is 459 g/mol. The van der Waals surface area contributed by atoms with Crippen LogP contribution in [0, 0.1) is 11.3 Å². The fourth-order valence-electron chi connectivity index (χ4n) is 3.73. The van der Waals surface area contributed by atoms with Gasteiger partial charge in [-0.05, 0) is 29.3 Å². The molecule has 1 unspecified atom stereocenters. The van der Waals surface area contributed by atoms with E-state index in [1.807, 2.05) is 24.3 Å². The van der Waals surface area contributed by atoms with E-state index in [2.05, 4.69) is 43.0 Å². The number of aromatic nitrogens is 4. The molecule has 33 heavy (non-hydrogen) atoms. The van der Waals surface area contributed by atoms with Crippen molar-refractivity contribution in [2.24, 2.45) is 0 Å². The van der Waals surface area contributed by atoms with Crippen LogP contribution in [0.1, 0.15) is 27.7 Å². The van der Waals surface area contributed by atoms with Gasteiger partial charge in [0, 0.05) is 32.0 Å². The molecule has 1 atom stereocenters. The van der Waals surface area contributed by atoms with Crippen molar-refractivity contribution in [2.45, 2.75) is 19.1 Å². The first-order valence-corrected chi connectivity index (χ1v) is 11.5. The molecule has 1 fully saturated rings. The molecule has 9 heteroatoms. The quantitative estimate of drug-likeness (QED) is 0.415. The maximum atomic E-state index is 9.81. The topological polar surface area (TPSA) is 97.0 Å². The van der Waals surface area contributed by atoms with Gasteiger partial charge in [-0.1, -0.05) is 35.6 Å². The summed E-state index contributed by atoms with van der Waals surface area (Å²) in [7, 11) is 0. The molecule has 1 saturated heterocycles. The van der Waals surface area contributed by atoms with Crippen molar-refractivity contribution in [3.8, 4) is 12.1 Å². The van der Waals surface area contributed by atoms with Crippen LogP contribution in [0.15, 0.2) is 54.9 Å². The SMILES string of the molecule is N#CC(c1ccnc(OCc2cccc(CN3CCOCC3)c2)n1)c1nc2cccnc2s1. The highest BCUT2D eigenvalue weighted by Crippen LogP contribution is 2.30. The number of nitriles is 1. The summed E-state index contributed by atoms with van der Waals surface area (Å²) < 4.78 is 11.3. The Kier molecular flexibility index (Phi) is 6.48. The first-order chi connectivity index (χ1) is 16.3. The summed E-state index contributed by atoms with van der Waals surface area (Å²) in [5.41, 5.74) is 3.62. The lowest BCUT2D eigenvalue weighted by molar-refractivity contribution is 0.0342. The van der Waals surface area contributed by atoms with Crippen LogP contribution in [0.5, 0.6) is 6.01 Å². The van der Waals surface area contributed by atoms with Gasteiger partial charge in [-0.25, -0.2) is 15.0 Å². The van der Waals surface area contributed by atoms with E-state index in [1.54, 1.807) is 18.5 Å². The fraction of sp³-hybridized carbons (Fsp3) is 0.292. The van der Waals surface area contributed by atoms with Gasteiger partial charge in [0.25, 0.3) is 0 Å². The van der Waals surface area contributed by atoms with Gasteiger partial charge >= 0.3 is 6.01 Å². The van der Waals surface area contributed by atoms with E-state index in [-0.39, 0.29) is 6.01 Å². The summed E-state index contributed by atoms with van der Waals surface area (Å²) in [6.07, 6.45) is 3.33. The molecule has 4 heterocycles. The predicted octanol–water partition coefficient (Wildman–Crippen LogP) is 3.55. The molecule has 1 aliphatic heterocycles. The van der Waals surface area contributed by atoms with Crippen LogP contribution in [0.3, 0.4) is 0 Å². The number of hydrogen-bond donors (Lipinski definition) is 0. The number of benzene rings is 1. The summed E-state index contributed by atoms with van der Waals surface area (Å²) in [4.78, 5) is 20.8. The molecular weight excluding hydrogens is 436 g/mol. The van der Waals surface area contributed by atoms with Crippen molar-refractivity contribution in [3.63, 3.8) is 0 Å². The monoisotopic (exact) mass is 458 g/mol. The fourth-order valence-corrected chi connectivity index (χ4v) is 4.69. The van der Waals surface area contributed by atoms with E-state index in [0.29, 0.717) is 17.3 Å². The molecule has 0 amide bonds. The minimum Gasteiger partial charge on any atom is -0.459 e. The Morgan fingerprint density at radius 1 is 1.06 bits per heavy atom. The molecule has 0 N–H and O–H groups in total. The van der Waals surface area contributed by atoms with Crippen molar-refractivity contribution >= 4 is 21.7 Å². The van der Waals surface area contributed by atoms with E-state index in [1.165, 1.54) is 16.9 Å². The van der Waals surface area contributed by atoms with E-state index >= 15 is 0 Å². The lowest BCUT2D eigenvalue weighted by Gasteiger charge is -2.26. The second-order valence-electron chi connectivity index (χ2n) is 7.70. The number of fused-ring (bicyclic) bond motifs is 1. The number of morpholine rings is 1. The largest absolute Gasteiger partial charge is 0.459 e. The van der Waals surface area contributed by atoms with Crippen molar-refractivity contribution in [2.75, 3.05) is 26.3 Å². The highest BCUT2D eigenvalue weighted by molar-refractivity contribution is 7.18. The van der Waals surface area contributed by atoms with Crippen molar-refractivity contribution < 1.29 is 9.47 Å². The van der Waals surface area contributed by atoms with E-state index in [4.69, 9.17) is 9.47 Å². The van der Waals surface area contributed by atoms with E-state index in [0.717, 1.165) is 48.8 Å². The molecule has 1 aliphatic rings. The summed E-state index contributed by atoms with van der Waals surface area (Å²) in [6.45, 7) is 4.71. The zero-order valence-corrected chi connectivity index (χ0v) is 18.7. The Labute approximate surface area is 195 Å². The van der Waals surface area contributed by atoms with E-state index < -0.39 is 5.92 Å². The number of rotatable bonds is 7. The molecule has 8 nitrogen and oxygen atoms in total. The summed E-state index contributed by atoms with van der Waals surface area (Å²) >= 11 is 1.40. The number of pyridine rings is 1. The van der Waals surface area contributed by atoms with Gasteiger partial charge < -0.3 is 9.47 Å². The van der Waals surface area contributed by atoms with Crippen molar-refractivity contribution in [1.82, 2.24) is 24.8 Å². The zero-order chi connectivity index (χ0) is 22.5. The Bertz CT molecular complexity index is 1250. The summed E-state index contributed by atoms with van der Waals surface area (Å²) in [5.74, 6) is -0.605. The van der Waals surface area contributed by atoms with Gasteiger partial charge in [0.2, 0.25) is 0 Å². The number of nitrogens with zero attached hydrogens (tertiary/aromatic N) is 6. The van der Waals surface area contributed by atoms with Gasteiger partial charge in [0.1, 0.15) is 27.9 Å². The van der Waals surface area contributed by atoms with Gasteiger partial charge in [-0.3, -0.25) is 4.90 Å². The maximum Gasteiger partial charge on any atom is 0.316 e. The molecule has 166 valence electrons. The Balaban J connectivity index is 1.27. The van der Waals surface area contributed by atoms with Gasteiger partial charge in [0.05, 0.1) is 25.0 Å². The summed E-state index contributed by atoms with van der Waals surface area (Å²) in [5, 5.41) is 10.5. The predicted molar refractivity (Wildman–Crippen MR) is 124 cm³/mol. The van der Waals surface area contributed by atoms with Crippen LogP contribution in [-0.2, 0) is 17.9 Å². The van der Waals surface area contributed by atoms with Crippen molar-refractivity contribution in [3.05, 3.63) is 76.7 Å². The van der Waals surface area contributed by atoms with Crippen LogP contribution >= 0.6 is 11.3 Å². The lowest BCUT2D eigenvalue weighted by atomic mass is 10.1. The van der Waals surface area contributed by atoms with Crippen molar-refractivity contribution in [1.29, 1.82) is 5.26 Å². The third-order valence-electron chi connectivity index (χ3n) is 5.38. The third-order valence-corrected chi connectivity index (χ3v) is 6.42. The average Bonchev–Trinajstić information content (AvgIpc) is 3.28. The molecule has 1 aromatic carbocycles. The van der Waals surface area contributed by atoms with Crippen LogP contribution in [0.25, 0.3) is 10.3 Å². The number of hydrogen-bond acceptors (Lipinski definition) is 9. The minimum absolute atomic E-state index is 0.241. The molecule has 3 aromatic heterocycles. The second kappa shape index (κ2) is 10.0. The molecule has 0 radical (unpaired) electrons. The smallest absolute Gasteiger partial charge is 0.316 e. The van der Waals surface area contributed by atoms with Crippen LogP contribution < -0.4 is 4.74 Å². The van der Waals surface area contributed by atoms with Gasteiger partial charge in [-0.15, -0.1) is 0 Å². The third kappa shape index (κ3) is 5.14. The highest BCUT2D eigenvalue weighted by Gasteiger charge is 2.21. The molecule has 0 saturated carbocycles. The number of thiazole rings is 1. The number of ether oxygens (including phenoxy) is 2. The normalized spacial score (nSPS) is 15.2. The molecule has 0 spiro atoms. The Hall–Kier alpha value is -3.45. The van der Waals surface area contributed by atoms with E-state index in [9.17, 15) is 5.26 Å². The molecule has 5 rings (SSSR count). The minimum atomic E-state index is -0.605. The molecule has 0 bridgehead atoms. The zero-order valence-electron chi connectivity index (χ0n) is 17.9. The van der Waals surface area contributed by atoms with Crippen LogP contribution in [0.2, 0.25) is 0 Å². The first kappa shape index (κ1) is 21.4. The second-order valence-corrected chi connectivity index (χ2v) is 8.71. The molecule has 4 aromatic rings. The van der Waals surface area contributed by atoms with Crippen LogP contribution in [0.4, 0.5) is 0 Å². The molecular formula is C24H22N6O2S. The van der Waals surface area contributed by atoms with Crippen LogP contribution in [-0.4, -0.2) is 51.1 Å². The Morgan fingerprint density at radius 2 is 1.94 bits per heavy atom. The molecule has 0 aliphatic carbocycles. The standard InChI is InChI=1S/C24H22N6O2S/c25-14-19(22-28-21-5-2-7-26-23(21)33-22)20-6-8-27-24(29-20)32-16-18-4-1-3-17(13-18)15-30-9-11-31-12-10-30/h1-8,13,19H,9-12,15-16H2. The Morgan fingerprint density at radius 3 is 2.79 bits per heavy atom. The summed E-state index contributed by atoms with van der Waals surface area (Å²) in [6, 6.07) is 16.3. The van der Waals surface area contributed by atoms with Gasteiger partial charge in [-0.2, -0.15) is 10.2 Å². The van der Waals surface area contributed by atoms with Gasteiger partial charge in [0.15, 0.2) is 0 Å². The lowest BCUT2D eigenvalue weighted by Crippen LogP contribution is -2.35. The first-order valence-electron chi connectivity index (χ1n) is 10.7. The maximum absolute atomic E-state index is 9.81. The highest BCUT2D eigenvalue weighted by atomic mass is 32.1.